The van der Waals surface area contributed by atoms with E-state index in [1.807, 2.05) is 6.92 Å². The molecule has 0 aliphatic carbocycles. The maximum Gasteiger partial charge on any atom is 0.293 e. The molecule has 1 fully saturated rings. The fraction of sp³-hybridized carbons (Fsp3) is 0.333. The summed E-state index contributed by atoms with van der Waals surface area (Å²) >= 11 is 0. The number of sulfone groups is 1. The number of nitro groups is 1. The highest BCUT2D eigenvalue weighted by Crippen LogP contribution is 2.31. The Morgan fingerprint density at radius 3 is 2.28 bits per heavy atom. The third-order valence-corrected chi connectivity index (χ3v) is 6.38. The van der Waals surface area contributed by atoms with Crippen LogP contribution in [0.4, 0.5) is 17.1 Å². The molecule has 10 nitrogen and oxygen atoms in total. The molecule has 0 radical (unpaired) electrons. The minimum atomic E-state index is -3.57. The lowest BCUT2D eigenvalue weighted by molar-refractivity contribution is -0.384. The van der Waals surface area contributed by atoms with Gasteiger partial charge in [0.05, 0.1) is 9.82 Å². The third kappa shape index (κ3) is 5.05. The predicted molar refractivity (Wildman–Crippen MR) is 120 cm³/mol. The average molecular weight is 461 g/mol. The number of piperazine rings is 1. The zero-order chi connectivity index (χ0) is 23.6. The van der Waals surface area contributed by atoms with Gasteiger partial charge in [0.2, 0.25) is 5.91 Å². The number of benzene rings is 2. The molecule has 0 aromatic heterocycles. The molecule has 1 aliphatic rings. The molecule has 0 atom stereocenters. The summed E-state index contributed by atoms with van der Waals surface area (Å²) in [7, 11) is -3.57. The first-order valence-electron chi connectivity index (χ1n) is 9.88. The second-order valence-corrected chi connectivity index (χ2v) is 9.69. The summed E-state index contributed by atoms with van der Waals surface area (Å²) < 4.78 is 23.5. The number of hydrogen-bond donors (Lipinski definition) is 1. The summed E-state index contributed by atoms with van der Waals surface area (Å²) in [5.74, 6) is -0.423. The Balaban J connectivity index is 1.76. The highest BCUT2D eigenvalue weighted by molar-refractivity contribution is 7.90. The van der Waals surface area contributed by atoms with Gasteiger partial charge in [0.1, 0.15) is 5.69 Å². The molecular formula is C21H24N4O6S. The molecule has 2 aromatic carbocycles. The molecule has 0 spiro atoms. The lowest BCUT2D eigenvalue weighted by Crippen LogP contribution is -2.49. The molecule has 0 saturated carbocycles. The number of nitro benzene ring substituents is 1. The molecule has 3 rings (SSSR count). The van der Waals surface area contributed by atoms with Gasteiger partial charge in [0.15, 0.2) is 9.84 Å². The van der Waals surface area contributed by atoms with Crippen molar-refractivity contribution in [1.82, 2.24) is 4.90 Å². The van der Waals surface area contributed by atoms with Crippen molar-refractivity contribution in [3.8, 4) is 0 Å². The summed E-state index contributed by atoms with van der Waals surface area (Å²) in [6.07, 6.45) is 0.999. The number of anilines is 2. The monoisotopic (exact) mass is 460 g/mol. The largest absolute Gasteiger partial charge is 0.362 e. The van der Waals surface area contributed by atoms with Crippen molar-refractivity contribution >= 4 is 38.7 Å². The van der Waals surface area contributed by atoms with Gasteiger partial charge < -0.3 is 15.1 Å². The quantitative estimate of drug-likeness (QED) is 0.535. The summed E-state index contributed by atoms with van der Waals surface area (Å²) in [4.78, 5) is 38.5. The molecule has 170 valence electrons. The number of rotatable bonds is 5. The van der Waals surface area contributed by atoms with Crippen LogP contribution in [0.5, 0.6) is 0 Å². The van der Waals surface area contributed by atoms with Crippen LogP contribution in [0.1, 0.15) is 22.8 Å². The number of nitrogens with one attached hydrogen (secondary N) is 1. The topological polar surface area (TPSA) is 130 Å². The van der Waals surface area contributed by atoms with Crippen LogP contribution >= 0.6 is 0 Å². The second kappa shape index (κ2) is 8.95. The van der Waals surface area contributed by atoms with E-state index in [9.17, 15) is 28.1 Å². The average Bonchev–Trinajstić information content (AvgIpc) is 2.73. The van der Waals surface area contributed by atoms with Crippen LogP contribution in [0.15, 0.2) is 41.3 Å². The fourth-order valence-electron chi connectivity index (χ4n) is 3.56. The second-order valence-electron chi connectivity index (χ2n) is 7.67. The van der Waals surface area contributed by atoms with Gasteiger partial charge >= 0.3 is 0 Å². The van der Waals surface area contributed by atoms with Gasteiger partial charge in [-0.15, -0.1) is 0 Å². The maximum absolute atomic E-state index is 12.9. The molecule has 11 heteroatoms. The Morgan fingerprint density at radius 1 is 1.06 bits per heavy atom. The van der Waals surface area contributed by atoms with Gasteiger partial charge in [0.25, 0.3) is 11.6 Å². The van der Waals surface area contributed by atoms with Crippen LogP contribution in [0.3, 0.4) is 0 Å². The van der Waals surface area contributed by atoms with Crippen molar-refractivity contribution in [2.75, 3.05) is 42.7 Å². The van der Waals surface area contributed by atoms with E-state index in [0.29, 0.717) is 43.1 Å². The van der Waals surface area contributed by atoms with Crippen molar-refractivity contribution in [1.29, 1.82) is 0 Å². The molecule has 1 saturated heterocycles. The molecule has 1 aliphatic heterocycles. The maximum atomic E-state index is 12.9. The van der Waals surface area contributed by atoms with Crippen LogP contribution in [-0.2, 0) is 14.6 Å². The molecule has 0 unspecified atom stereocenters. The van der Waals surface area contributed by atoms with Crippen LogP contribution in [-0.4, -0.2) is 62.5 Å². The first-order chi connectivity index (χ1) is 15.0. The normalized spacial score (nSPS) is 14.2. The van der Waals surface area contributed by atoms with Crippen LogP contribution in [0.2, 0.25) is 0 Å². The molecule has 2 amide bonds. The van der Waals surface area contributed by atoms with Crippen LogP contribution < -0.4 is 10.2 Å². The Morgan fingerprint density at radius 2 is 1.72 bits per heavy atom. The molecule has 2 aromatic rings. The molecule has 1 heterocycles. The van der Waals surface area contributed by atoms with E-state index >= 15 is 0 Å². The first-order valence-corrected chi connectivity index (χ1v) is 11.8. The summed E-state index contributed by atoms with van der Waals surface area (Å²) in [6, 6.07) is 8.96. The van der Waals surface area contributed by atoms with Gasteiger partial charge in [0, 0.05) is 56.7 Å². The van der Waals surface area contributed by atoms with Crippen molar-refractivity contribution in [2.24, 2.45) is 0 Å². The number of carbonyl (C=O) groups is 2. The lowest BCUT2D eigenvalue weighted by atomic mass is 10.1. The standard InChI is InChI=1S/C21H24N4O6S/c1-14-4-5-16(12-18(14)22-15(2)26)21(27)24-10-8-23(9-11-24)19-7-6-17(32(3,30)31)13-20(19)25(28)29/h4-7,12-13H,8-11H2,1-3H3,(H,22,26). The summed E-state index contributed by atoms with van der Waals surface area (Å²) in [5.41, 5.74) is 1.88. The SMILES string of the molecule is CC(=O)Nc1cc(C(=O)N2CCN(c3ccc(S(C)(=O)=O)cc3[N+](=O)[O-])CC2)ccc1C. The molecule has 1 N–H and O–H groups in total. The zero-order valence-corrected chi connectivity index (χ0v) is 18.8. The number of nitrogens with zero attached hydrogens (tertiary/aromatic N) is 3. The Labute approximate surface area is 185 Å². The van der Waals surface area contributed by atoms with Crippen LogP contribution in [0, 0.1) is 17.0 Å². The van der Waals surface area contributed by atoms with Gasteiger partial charge in [-0.3, -0.25) is 19.7 Å². The van der Waals surface area contributed by atoms with Gasteiger partial charge in [-0.1, -0.05) is 6.07 Å². The molecule has 0 bridgehead atoms. The minimum Gasteiger partial charge on any atom is -0.362 e. The third-order valence-electron chi connectivity index (χ3n) is 5.27. The highest BCUT2D eigenvalue weighted by Gasteiger charge is 2.27. The van der Waals surface area contributed by atoms with Crippen molar-refractivity contribution < 1.29 is 22.9 Å². The van der Waals surface area contributed by atoms with Crippen molar-refractivity contribution in [3.05, 3.63) is 57.6 Å². The predicted octanol–water partition coefficient (Wildman–Crippen LogP) is 2.23. The van der Waals surface area contributed by atoms with E-state index in [0.717, 1.165) is 17.9 Å². The van der Waals surface area contributed by atoms with Crippen LogP contribution in [0.25, 0.3) is 0 Å². The van der Waals surface area contributed by atoms with Gasteiger partial charge in [-0.25, -0.2) is 8.42 Å². The lowest BCUT2D eigenvalue weighted by Gasteiger charge is -2.36. The number of aryl methyl sites for hydroxylation is 1. The minimum absolute atomic E-state index is 0.115. The van der Waals surface area contributed by atoms with Crippen molar-refractivity contribution in [2.45, 2.75) is 18.7 Å². The van der Waals surface area contributed by atoms with E-state index in [2.05, 4.69) is 5.32 Å². The van der Waals surface area contributed by atoms with Gasteiger partial charge in [-0.2, -0.15) is 0 Å². The van der Waals surface area contributed by atoms with Crippen molar-refractivity contribution in [3.63, 3.8) is 0 Å². The molecule has 32 heavy (non-hydrogen) atoms. The van der Waals surface area contributed by atoms with E-state index in [1.165, 1.54) is 19.1 Å². The summed E-state index contributed by atoms with van der Waals surface area (Å²) in [6.45, 7) is 4.62. The van der Waals surface area contributed by atoms with E-state index < -0.39 is 14.8 Å². The fourth-order valence-corrected chi connectivity index (χ4v) is 4.20. The molecular weight excluding hydrogens is 436 g/mol. The zero-order valence-electron chi connectivity index (χ0n) is 18.0. The van der Waals surface area contributed by atoms with E-state index in [4.69, 9.17) is 0 Å². The number of amides is 2. The van der Waals surface area contributed by atoms with Gasteiger partial charge in [-0.05, 0) is 36.8 Å². The first kappa shape index (κ1) is 23.2. The number of hydrogen-bond acceptors (Lipinski definition) is 7. The number of carbonyl (C=O) groups excluding carboxylic acids is 2. The summed E-state index contributed by atoms with van der Waals surface area (Å²) in [5, 5.41) is 14.2. The Kier molecular flexibility index (Phi) is 6.49. The highest BCUT2D eigenvalue weighted by atomic mass is 32.2. The van der Waals surface area contributed by atoms with E-state index in [1.54, 1.807) is 28.0 Å². The Bertz CT molecular complexity index is 1190. The smallest absolute Gasteiger partial charge is 0.293 e. The Hall–Kier alpha value is -3.47. The van der Waals surface area contributed by atoms with E-state index in [-0.39, 0.29) is 22.4 Å².